The smallest absolute Gasteiger partial charge is 0.410 e. The fourth-order valence-corrected chi connectivity index (χ4v) is 9.42. The SMILES string of the molecule is CC(C)(C)OC(=O)N1CCC(CCN2CCc3c(sc(NC(=O)c4cc(S(=O)(=O)N5CCOCC5)c(Cl)cc4Cl)c3C#N)C2)CC1. The summed E-state index contributed by atoms with van der Waals surface area (Å²) < 4.78 is 38.7. The third-order valence-electron chi connectivity index (χ3n) is 8.45. The Morgan fingerprint density at radius 2 is 1.80 bits per heavy atom. The first-order valence-corrected chi connectivity index (χ1v) is 18.4. The number of nitriles is 1. The molecule has 3 aliphatic rings. The number of fused-ring (bicyclic) bond motifs is 1. The first-order chi connectivity index (χ1) is 21.8. The van der Waals surface area contributed by atoms with Crippen LogP contribution in [0.3, 0.4) is 0 Å². The van der Waals surface area contributed by atoms with E-state index in [4.69, 9.17) is 32.7 Å². The molecular formula is C31H39Cl2N5O6S2. The van der Waals surface area contributed by atoms with Crippen LogP contribution in [0.5, 0.6) is 0 Å². The van der Waals surface area contributed by atoms with Gasteiger partial charge in [-0.1, -0.05) is 23.2 Å². The average molecular weight is 713 g/mol. The van der Waals surface area contributed by atoms with Crippen LogP contribution in [0.2, 0.25) is 10.0 Å². The average Bonchev–Trinajstić information content (AvgIpc) is 3.35. The standard InChI is InChI=1S/C31H39Cl2N5O6S2/c1-31(2,3)44-30(40)37-10-5-20(6-11-37)4-8-36-9-7-21-23(18-34)29(45-26(21)19-36)35-28(39)22-16-27(25(33)17-24(22)32)46(41,42)38-12-14-43-15-13-38/h16-17,20H,4-15,19H2,1-3H3,(H,35,39). The summed E-state index contributed by atoms with van der Waals surface area (Å²) in [5.41, 5.74) is 0.805. The van der Waals surface area contributed by atoms with Gasteiger partial charge in [-0.25, -0.2) is 13.2 Å². The zero-order valence-electron chi connectivity index (χ0n) is 26.2. The van der Waals surface area contributed by atoms with Crippen LogP contribution in [0.1, 0.15) is 66.4 Å². The van der Waals surface area contributed by atoms with Crippen molar-refractivity contribution < 1.29 is 27.5 Å². The summed E-state index contributed by atoms with van der Waals surface area (Å²) in [5, 5.41) is 13.2. The van der Waals surface area contributed by atoms with E-state index in [0.717, 1.165) is 42.8 Å². The van der Waals surface area contributed by atoms with Crippen LogP contribution in [0.4, 0.5) is 9.80 Å². The lowest BCUT2D eigenvalue weighted by Crippen LogP contribution is -2.42. The lowest BCUT2D eigenvalue weighted by molar-refractivity contribution is 0.0177. The van der Waals surface area contributed by atoms with Gasteiger partial charge in [0.1, 0.15) is 21.6 Å². The fraction of sp³-hybridized carbons (Fsp3) is 0.581. The Morgan fingerprint density at radius 3 is 2.46 bits per heavy atom. The molecule has 0 bridgehead atoms. The van der Waals surface area contributed by atoms with Crippen molar-refractivity contribution in [2.24, 2.45) is 5.92 Å². The number of morpholine rings is 1. The molecule has 2 amide bonds. The third kappa shape index (κ3) is 7.98. The fourth-order valence-electron chi connectivity index (χ4n) is 5.95. The number of carbonyl (C=O) groups is 2. The minimum atomic E-state index is -3.98. The Bertz CT molecular complexity index is 1620. The number of hydrogen-bond donors (Lipinski definition) is 1. The summed E-state index contributed by atoms with van der Waals surface area (Å²) in [6, 6.07) is 4.71. The molecule has 0 aliphatic carbocycles. The quantitative estimate of drug-likeness (QED) is 0.393. The van der Waals surface area contributed by atoms with E-state index in [0.29, 0.717) is 42.5 Å². The van der Waals surface area contributed by atoms with E-state index >= 15 is 0 Å². The number of hydrogen-bond acceptors (Lipinski definition) is 9. The molecule has 0 atom stereocenters. The monoisotopic (exact) mass is 711 g/mol. The minimum Gasteiger partial charge on any atom is -0.444 e. The highest BCUT2D eigenvalue weighted by Crippen LogP contribution is 2.38. The number of halogens is 2. The van der Waals surface area contributed by atoms with Crippen molar-refractivity contribution in [3.05, 3.63) is 43.7 Å². The largest absolute Gasteiger partial charge is 0.444 e. The van der Waals surface area contributed by atoms with Gasteiger partial charge in [0.25, 0.3) is 5.91 Å². The Balaban J connectivity index is 1.22. The van der Waals surface area contributed by atoms with E-state index < -0.39 is 21.5 Å². The molecule has 4 heterocycles. The number of thiophene rings is 1. The van der Waals surface area contributed by atoms with Crippen LogP contribution in [0.25, 0.3) is 0 Å². The maximum absolute atomic E-state index is 13.4. The molecule has 250 valence electrons. The molecule has 0 spiro atoms. The number of benzene rings is 1. The van der Waals surface area contributed by atoms with Gasteiger partial charge in [-0.15, -0.1) is 11.3 Å². The molecule has 0 unspecified atom stereocenters. The zero-order valence-corrected chi connectivity index (χ0v) is 29.4. The van der Waals surface area contributed by atoms with Gasteiger partial charge in [0.2, 0.25) is 10.0 Å². The number of carbonyl (C=O) groups excluding carboxylic acids is 2. The van der Waals surface area contributed by atoms with Crippen LogP contribution in [0.15, 0.2) is 17.0 Å². The van der Waals surface area contributed by atoms with E-state index in [1.807, 2.05) is 20.8 Å². The highest BCUT2D eigenvalue weighted by molar-refractivity contribution is 7.89. The molecule has 2 fully saturated rings. The predicted octanol–water partition coefficient (Wildman–Crippen LogP) is 5.60. The zero-order chi connectivity index (χ0) is 33.2. The topological polar surface area (TPSA) is 132 Å². The van der Waals surface area contributed by atoms with Crippen molar-refractivity contribution in [3.8, 4) is 6.07 Å². The number of nitrogens with one attached hydrogen (secondary N) is 1. The van der Waals surface area contributed by atoms with Crippen molar-refractivity contribution >= 4 is 61.6 Å². The molecule has 3 aliphatic heterocycles. The number of piperidine rings is 1. The van der Waals surface area contributed by atoms with Crippen LogP contribution in [0, 0.1) is 17.2 Å². The lowest BCUT2D eigenvalue weighted by Gasteiger charge is -2.34. The highest BCUT2D eigenvalue weighted by Gasteiger charge is 2.32. The van der Waals surface area contributed by atoms with Crippen LogP contribution in [-0.4, -0.2) is 92.6 Å². The number of nitrogens with zero attached hydrogens (tertiary/aromatic N) is 4. The van der Waals surface area contributed by atoms with Crippen molar-refractivity contribution in [1.29, 1.82) is 5.26 Å². The van der Waals surface area contributed by atoms with E-state index in [-0.39, 0.29) is 52.9 Å². The molecule has 1 aromatic carbocycles. The molecule has 11 nitrogen and oxygen atoms in total. The summed E-state index contributed by atoms with van der Waals surface area (Å²) in [4.78, 5) is 30.8. The molecule has 0 radical (unpaired) electrons. The van der Waals surface area contributed by atoms with Crippen molar-refractivity contribution in [2.75, 3.05) is 57.8 Å². The summed E-state index contributed by atoms with van der Waals surface area (Å²) in [5.74, 6) is -0.0983. The normalized spacial score (nSPS) is 18.6. The molecule has 46 heavy (non-hydrogen) atoms. The molecule has 15 heteroatoms. The van der Waals surface area contributed by atoms with E-state index in [1.54, 1.807) is 4.90 Å². The van der Waals surface area contributed by atoms with Crippen LogP contribution in [-0.2, 0) is 32.5 Å². The number of likely N-dealkylation sites (tertiary alicyclic amines) is 1. The molecule has 1 aromatic heterocycles. The van der Waals surface area contributed by atoms with Gasteiger partial charge in [0.05, 0.1) is 34.4 Å². The lowest BCUT2D eigenvalue weighted by atomic mass is 9.93. The molecular weight excluding hydrogens is 673 g/mol. The number of amides is 2. The number of ether oxygens (including phenoxy) is 2. The first-order valence-electron chi connectivity index (χ1n) is 15.4. The van der Waals surface area contributed by atoms with Gasteiger partial charge in [0, 0.05) is 44.1 Å². The predicted molar refractivity (Wildman–Crippen MR) is 177 cm³/mol. The maximum atomic E-state index is 13.4. The minimum absolute atomic E-state index is 0.00589. The Kier molecular flexibility index (Phi) is 10.9. The number of rotatable bonds is 7. The van der Waals surface area contributed by atoms with Gasteiger partial charge < -0.3 is 19.7 Å². The number of sulfonamides is 1. The molecule has 1 N–H and O–H groups in total. The van der Waals surface area contributed by atoms with Crippen LogP contribution < -0.4 is 5.32 Å². The summed E-state index contributed by atoms with van der Waals surface area (Å²) >= 11 is 14.0. The highest BCUT2D eigenvalue weighted by atomic mass is 35.5. The van der Waals surface area contributed by atoms with Gasteiger partial charge in [0.15, 0.2) is 0 Å². The molecule has 0 saturated carbocycles. The summed E-state index contributed by atoms with van der Waals surface area (Å²) in [7, 11) is -3.98. The first kappa shape index (κ1) is 34.9. The Labute approximate surface area is 284 Å². The number of anilines is 1. The summed E-state index contributed by atoms with van der Waals surface area (Å²) in [6.07, 6.45) is 3.33. The van der Waals surface area contributed by atoms with E-state index in [2.05, 4.69) is 16.3 Å². The van der Waals surface area contributed by atoms with Crippen molar-refractivity contribution in [3.63, 3.8) is 0 Å². The molecule has 2 saturated heterocycles. The van der Waals surface area contributed by atoms with Crippen molar-refractivity contribution in [1.82, 2.24) is 14.1 Å². The Morgan fingerprint density at radius 1 is 1.11 bits per heavy atom. The second-order valence-corrected chi connectivity index (χ2v) is 16.6. The second kappa shape index (κ2) is 14.4. The molecule has 5 rings (SSSR count). The maximum Gasteiger partial charge on any atom is 0.410 e. The second-order valence-electron chi connectivity index (χ2n) is 12.8. The molecule has 2 aromatic rings. The van der Waals surface area contributed by atoms with E-state index in [9.17, 15) is 23.3 Å². The van der Waals surface area contributed by atoms with Crippen LogP contribution >= 0.6 is 34.5 Å². The third-order valence-corrected chi connectivity index (χ3v) is 12.3. The van der Waals surface area contributed by atoms with Gasteiger partial charge in [-0.3, -0.25) is 9.69 Å². The van der Waals surface area contributed by atoms with Crippen molar-refractivity contribution in [2.45, 2.75) is 63.5 Å². The summed E-state index contributed by atoms with van der Waals surface area (Å²) in [6.45, 7) is 10.3. The van der Waals surface area contributed by atoms with Gasteiger partial charge in [-0.2, -0.15) is 9.57 Å². The van der Waals surface area contributed by atoms with Gasteiger partial charge >= 0.3 is 6.09 Å². The van der Waals surface area contributed by atoms with Gasteiger partial charge in [-0.05, 0) is 76.6 Å². The van der Waals surface area contributed by atoms with E-state index in [1.165, 1.54) is 27.8 Å². The Hall–Kier alpha value is -2.44.